The van der Waals surface area contributed by atoms with Crippen LogP contribution in [0.5, 0.6) is 0 Å². The first-order valence-corrected chi connectivity index (χ1v) is 6.67. The number of fused-ring (bicyclic) bond motifs is 1. The molecule has 1 aromatic heterocycles. The first kappa shape index (κ1) is 11.5. The van der Waals surface area contributed by atoms with Crippen LogP contribution in [0.3, 0.4) is 0 Å². The lowest BCUT2D eigenvalue weighted by molar-refractivity contribution is 0.464. The SMILES string of the molecule is O=c1c2ccccc2[nH]c(=S)n1N1CCCCC1. The average Bonchev–Trinajstić information content (AvgIpc) is 2.40. The van der Waals surface area contributed by atoms with Crippen LogP contribution in [-0.4, -0.2) is 22.7 Å². The van der Waals surface area contributed by atoms with Crippen molar-refractivity contribution in [2.24, 2.45) is 0 Å². The van der Waals surface area contributed by atoms with Gasteiger partial charge in [-0.05, 0) is 43.6 Å². The van der Waals surface area contributed by atoms with Gasteiger partial charge >= 0.3 is 0 Å². The van der Waals surface area contributed by atoms with E-state index in [0.29, 0.717) is 10.2 Å². The largest absolute Gasteiger partial charge is 0.330 e. The molecule has 0 aliphatic carbocycles. The quantitative estimate of drug-likeness (QED) is 0.800. The normalized spacial score (nSPS) is 16.1. The number of hydrogen-bond donors (Lipinski definition) is 1. The molecular weight excluding hydrogens is 246 g/mol. The number of H-pyrrole nitrogens is 1. The number of aromatic amines is 1. The van der Waals surface area contributed by atoms with Crippen LogP contribution in [0.15, 0.2) is 29.1 Å². The highest BCUT2D eigenvalue weighted by molar-refractivity contribution is 7.71. The van der Waals surface area contributed by atoms with Crippen LogP contribution in [0.4, 0.5) is 0 Å². The standard InChI is InChI=1S/C13H15N3OS/c17-12-10-6-2-3-7-11(10)14-13(18)16(12)15-8-4-1-5-9-15/h2-3,6-7H,1,4-5,8-9H2,(H,14,18). The van der Waals surface area contributed by atoms with Crippen molar-refractivity contribution in [2.45, 2.75) is 19.3 Å². The van der Waals surface area contributed by atoms with E-state index in [1.807, 2.05) is 24.3 Å². The zero-order valence-corrected chi connectivity index (χ0v) is 10.9. The molecule has 5 heteroatoms. The van der Waals surface area contributed by atoms with Gasteiger partial charge in [-0.15, -0.1) is 0 Å². The molecule has 1 fully saturated rings. The lowest BCUT2D eigenvalue weighted by Crippen LogP contribution is -2.46. The van der Waals surface area contributed by atoms with E-state index in [-0.39, 0.29) is 5.56 Å². The summed E-state index contributed by atoms with van der Waals surface area (Å²) in [4.78, 5) is 15.6. The Morgan fingerprint density at radius 1 is 1.11 bits per heavy atom. The van der Waals surface area contributed by atoms with Crippen LogP contribution < -0.4 is 10.6 Å². The molecule has 3 rings (SSSR count). The van der Waals surface area contributed by atoms with Crippen molar-refractivity contribution in [2.75, 3.05) is 18.1 Å². The van der Waals surface area contributed by atoms with Gasteiger partial charge in [-0.1, -0.05) is 12.1 Å². The molecule has 1 aliphatic rings. The van der Waals surface area contributed by atoms with E-state index in [1.54, 1.807) is 4.68 Å². The fraction of sp³-hybridized carbons (Fsp3) is 0.385. The smallest absolute Gasteiger partial charge is 0.280 e. The van der Waals surface area contributed by atoms with Gasteiger partial charge in [0.2, 0.25) is 0 Å². The van der Waals surface area contributed by atoms with Crippen molar-refractivity contribution < 1.29 is 0 Å². The minimum absolute atomic E-state index is 0.0174. The van der Waals surface area contributed by atoms with Crippen molar-refractivity contribution in [1.82, 2.24) is 9.66 Å². The summed E-state index contributed by atoms with van der Waals surface area (Å²) in [6.45, 7) is 1.80. The summed E-state index contributed by atoms with van der Waals surface area (Å²) < 4.78 is 2.11. The number of hydrogen-bond acceptors (Lipinski definition) is 3. The van der Waals surface area contributed by atoms with E-state index in [2.05, 4.69) is 9.99 Å². The Morgan fingerprint density at radius 2 is 1.83 bits per heavy atom. The monoisotopic (exact) mass is 261 g/mol. The summed E-state index contributed by atoms with van der Waals surface area (Å²) in [5, 5.41) is 2.74. The van der Waals surface area contributed by atoms with E-state index in [4.69, 9.17) is 12.2 Å². The predicted molar refractivity (Wildman–Crippen MR) is 75.2 cm³/mol. The molecule has 1 aromatic carbocycles. The fourth-order valence-corrected chi connectivity index (χ4v) is 2.80. The van der Waals surface area contributed by atoms with E-state index >= 15 is 0 Å². The van der Waals surface area contributed by atoms with E-state index < -0.39 is 0 Å². The van der Waals surface area contributed by atoms with Gasteiger partial charge in [0, 0.05) is 13.1 Å². The summed E-state index contributed by atoms with van der Waals surface area (Å²) in [6, 6.07) is 7.50. The summed E-state index contributed by atoms with van der Waals surface area (Å²) in [5.74, 6) is 0. The second-order valence-corrected chi connectivity index (χ2v) is 4.99. The fourth-order valence-electron chi connectivity index (χ4n) is 2.49. The summed E-state index contributed by atoms with van der Waals surface area (Å²) in [7, 11) is 0. The topological polar surface area (TPSA) is 41.0 Å². The number of nitrogens with zero attached hydrogens (tertiary/aromatic N) is 2. The number of nitrogens with one attached hydrogen (secondary N) is 1. The molecule has 2 aromatic rings. The van der Waals surface area contributed by atoms with Gasteiger partial charge in [0.1, 0.15) is 0 Å². The third-order valence-corrected chi connectivity index (χ3v) is 3.67. The van der Waals surface area contributed by atoms with Crippen LogP contribution >= 0.6 is 12.2 Å². The number of benzene rings is 1. The Morgan fingerprint density at radius 3 is 2.61 bits per heavy atom. The highest BCUT2D eigenvalue weighted by Gasteiger charge is 2.14. The highest BCUT2D eigenvalue weighted by Crippen LogP contribution is 2.10. The van der Waals surface area contributed by atoms with Gasteiger partial charge in [-0.3, -0.25) is 4.79 Å². The first-order chi connectivity index (χ1) is 8.77. The van der Waals surface area contributed by atoms with E-state index in [0.717, 1.165) is 31.4 Å². The first-order valence-electron chi connectivity index (χ1n) is 6.27. The summed E-state index contributed by atoms with van der Waals surface area (Å²) >= 11 is 5.31. The molecule has 0 radical (unpaired) electrons. The van der Waals surface area contributed by atoms with Crippen LogP contribution in [-0.2, 0) is 0 Å². The van der Waals surface area contributed by atoms with Gasteiger partial charge in [0.05, 0.1) is 10.9 Å². The van der Waals surface area contributed by atoms with Crippen molar-refractivity contribution in [3.05, 3.63) is 39.4 Å². The second kappa shape index (κ2) is 4.57. The molecule has 1 saturated heterocycles. The highest BCUT2D eigenvalue weighted by atomic mass is 32.1. The van der Waals surface area contributed by atoms with Gasteiger partial charge < -0.3 is 9.99 Å². The van der Waals surface area contributed by atoms with Crippen molar-refractivity contribution in [1.29, 1.82) is 0 Å². The summed E-state index contributed by atoms with van der Waals surface area (Å²) in [6.07, 6.45) is 3.47. The van der Waals surface area contributed by atoms with E-state index in [1.165, 1.54) is 6.42 Å². The third-order valence-electron chi connectivity index (χ3n) is 3.40. The maximum absolute atomic E-state index is 12.5. The molecule has 0 saturated carbocycles. The predicted octanol–water partition coefficient (Wildman–Crippen LogP) is 2.18. The second-order valence-electron chi connectivity index (χ2n) is 4.61. The lowest BCUT2D eigenvalue weighted by Gasteiger charge is -2.29. The van der Waals surface area contributed by atoms with Crippen LogP contribution in [0.2, 0.25) is 0 Å². The maximum atomic E-state index is 12.5. The molecule has 0 atom stereocenters. The van der Waals surface area contributed by atoms with Crippen LogP contribution in [0.1, 0.15) is 19.3 Å². The number of piperidine rings is 1. The third kappa shape index (κ3) is 1.84. The molecule has 0 spiro atoms. The van der Waals surface area contributed by atoms with E-state index in [9.17, 15) is 4.79 Å². The molecule has 0 amide bonds. The molecule has 4 nitrogen and oxygen atoms in total. The van der Waals surface area contributed by atoms with Crippen LogP contribution in [0.25, 0.3) is 10.9 Å². The van der Waals surface area contributed by atoms with Crippen molar-refractivity contribution in [3.8, 4) is 0 Å². The van der Waals surface area contributed by atoms with Gasteiger partial charge in [-0.25, -0.2) is 0 Å². The Labute approximate surface area is 110 Å². The Balaban J connectivity index is 2.22. The Bertz CT molecular complexity index is 682. The molecule has 1 aliphatic heterocycles. The molecule has 2 heterocycles. The van der Waals surface area contributed by atoms with Crippen molar-refractivity contribution >= 4 is 23.1 Å². The van der Waals surface area contributed by atoms with Crippen molar-refractivity contribution in [3.63, 3.8) is 0 Å². The molecule has 1 N–H and O–H groups in total. The van der Waals surface area contributed by atoms with Gasteiger partial charge in [0.25, 0.3) is 5.56 Å². The molecule has 18 heavy (non-hydrogen) atoms. The number of aromatic nitrogens is 2. The maximum Gasteiger partial charge on any atom is 0.280 e. The summed E-state index contributed by atoms with van der Waals surface area (Å²) in [5.41, 5.74) is 0.789. The average molecular weight is 261 g/mol. The lowest BCUT2D eigenvalue weighted by atomic mass is 10.2. The number of para-hydroxylation sites is 1. The zero-order chi connectivity index (χ0) is 12.5. The molecule has 0 bridgehead atoms. The van der Waals surface area contributed by atoms with Crippen LogP contribution in [0, 0.1) is 4.77 Å². The molecule has 0 unspecified atom stereocenters. The molecular formula is C13H15N3OS. The Kier molecular flexibility index (Phi) is 2.91. The molecule has 94 valence electrons. The minimum atomic E-state index is -0.0174. The Hall–Kier alpha value is -1.62. The number of rotatable bonds is 1. The minimum Gasteiger partial charge on any atom is -0.330 e. The van der Waals surface area contributed by atoms with Gasteiger partial charge in [-0.2, -0.15) is 4.68 Å². The zero-order valence-electron chi connectivity index (χ0n) is 10.1. The van der Waals surface area contributed by atoms with Gasteiger partial charge in [0.15, 0.2) is 4.77 Å².